The van der Waals surface area contributed by atoms with Gasteiger partial charge in [-0.2, -0.15) is 0 Å². The standard InChI is InChI=1S/C23H20N4OS/c1-14-26-22-19(5-2-6-20(22)29-14)27-23(28)16-9-7-15(8-10-16)21-17-4-3-12-24-18(17)11-13-25-21/h3-4,7-13,19H,2,5-6H2,1H3,(H,27,28). The fourth-order valence-electron chi connectivity index (χ4n) is 3.93. The highest BCUT2D eigenvalue weighted by molar-refractivity contribution is 7.11. The van der Waals surface area contributed by atoms with Crippen molar-refractivity contribution in [2.45, 2.75) is 32.2 Å². The molecule has 1 aliphatic rings. The third-order valence-corrected chi connectivity index (χ3v) is 6.36. The van der Waals surface area contributed by atoms with Gasteiger partial charge in [-0.3, -0.25) is 14.8 Å². The van der Waals surface area contributed by atoms with Gasteiger partial charge in [-0.25, -0.2) is 4.98 Å². The Hall–Kier alpha value is -3.12. The molecule has 3 heterocycles. The number of aromatic nitrogens is 3. The largest absolute Gasteiger partial charge is 0.344 e. The molecule has 29 heavy (non-hydrogen) atoms. The van der Waals surface area contributed by atoms with E-state index in [9.17, 15) is 4.79 Å². The maximum absolute atomic E-state index is 12.8. The quantitative estimate of drug-likeness (QED) is 0.533. The number of carbonyl (C=O) groups excluding carboxylic acids is 1. The van der Waals surface area contributed by atoms with Crippen molar-refractivity contribution in [3.8, 4) is 11.3 Å². The monoisotopic (exact) mass is 400 g/mol. The van der Waals surface area contributed by atoms with Gasteiger partial charge in [-0.05, 0) is 56.5 Å². The molecule has 0 aliphatic heterocycles. The maximum atomic E-state index is 12.8. The number of hydrogen-bond donors (Lipinski definition) is 1. The number of aryl methyl sites for hydroxylation is 2. The van der Waals surface area contributed by atoms with Crippen LogP contribution in [0.1, 0.15) is 44.8 Å². The lowest BCUT2D eigenvalue weighted by Gasteiger charge is -2.22. The first-order valence-electron chi connectivity index (χ1n) is 9.76. The van der Waals surface area contributed by atoms with Crippen LogP contribution in [0, 0.1) is 6.92 Å². The fraction of sp³-hybridized carbons (Fsp3) is 0.217. The number of fused-ring (bicyclic) bond motifs is 2. The zero-order chi connectivity index (χ0) is 19.8. The van der Waals surface area contributed by atoms with Crippen LogP contribution in [0.3, 0.4) is 0 Å². The molecular weight excluding hydrogens is 380 g/mol. The average molecular weight is 401 g/mol. The number of thiazole rings is 1. The summed E-state index contributed by atoms with van der Waals surface area (Å²) in [5, 5.41) is 5.24. The van der Waals surface area contributed by atoms with E-state index in [1.807, 2.05) is 49.4 Å². The van der Waals surface area contributed by atoms with Gasteiger partial charge in [0.1, 0.15) is 0 Å². The van der Waals surface area contributed by atoms with Crippen LogP contribution >= 0.6 is 11.3 Å². The van der Waals surface area contributed by atoms with Gasteiger partial charge >= 0.3 is 0 Å². The van der Waals surface area contributed by atoms with Crippen molar-refractivity contribution in [2.24, 2.45) is 0 Å². The third-order valence-electron chi connectivity index (χ3n) is 5.32. The molecule has 1 N–H and O–H groups in total. The topological polar surface area (TPSA) is 67.8 Å². The maximum Gasteiger partial charge on any atom is 0.251 e. The van der Waals surface area contributed by atoms with E-state index in [1.165, 1.54) is 4.88 Å². The number of nitrogens with one attached hydrogen (secondary N) is 1. The Morgan fingerprint density at radius 2 is 1.97 bits per heavy atom. The van der Waals surface area contributed by atoms with Crippen LogP contribution in [0.4, 0.5) is 0 Å². The molecule has 0 saturated heterocycles. The summed E-state index contributed by atoms with van der Waals surface area (Å²) in [6.45, 7) is 2.03. The van der Waals surface area contributed by atoms with Crippen molar-refractivity contribution in [3.05, 3.63) is 76.0 Å². The number of carbonyl (C=O) groups is 1. The second kappa shape index (κ2) is 7.37. The van der Waals surface area contributed by atoms with Gasteiger partial charge in [-0.1, -0.05) is 12.1 Å². The van der Waals surface area contributed by atoms with Crippen molar-refractivity contribution >= 4 is 28.1 Å². The van der Waals surface area contributed by atoms with Gasteiger partial charge < -0.3 is 5.32 Å². The van der Waals surface area contributed by atoms with E-state index in [4.69, 9.17) is 0 Å². The molecule has 1 aliphatic carbocycles. The molecule has 5 nitrogen and oxygen atoms in total. The molecule has 4 aromatic rings. The number of hydrogen-bond acceptors (Lipinski definition) is 5. The van der Waals surface area contributed by atoms with Crippen molar-refractivity contribution in [1.82, 2.24) is 20.3 Å². The lowest BCUT2D eigenvalue weighted by Crippen LogP contribution is -2.30. The Morgan fingerprint density at radius 3 is 2.83 bits per heavy atom. The first-order chi connectivity index (χ1) is 14.2. The number of nitrogens with zero attached hydrogens (tertiary/aromatic N) is 3. The highest BCUT2D eigenvalue weighted by atomic mass is 32.1. The van der Waals surface area contributed by atoms with Crippen LogP contribution < -0.4 is 5.32 Å². The fourth-order valence-corrected chi connectivity index (χ4v) is 4.97. The lowest BCUT2D eigenvalue weighted by molar-refractivity contribution is 0.0932. The van der Waals surface area contributed by atoms with E-state index in [0.29, 0.717) is 5.56 Å². The summed E-state index contributed by atoms with van der Waals surface area (Å²) in [5.74, 6) is -0.0624. The molecule has 1 atom stereocenters. The summed E-state index contributed by atoms with van der Waals surface area (Å²) in [6.07, 6.45) is 6.63. The molecule has 144 valence electrons. The molecule has 6 heteroatoms. The minimum atomic E-state index is -0.0624. The molecule has 3 aromatic heterocycles. The number of benzene rings is 1. The van der Waals surface area contributed by atoms with E-state index in [0.717, 1.165) is 52.1 Å². The highest BCUT2D eigenvalue weighted by Gasteiger charge is 2.25. The molecular formula is C23H20N4OS. The minimum Gasteiger partial charge on any atom is -0.344 e. The predicted octanol–water partition coefficient (Wildman–Crippen LogP) is 4.87. The molecule has 1 aromatic carbocycles. The van der Waals surface area contributed by atoms with Crippen LogP contribution in [0.15, 0.2) is 54.9 Å². The summed E-state index contributed by atoms with van der Waals surface area (Å²) in [4.78, 5) is 27.7. The van der Waals surface area contributed by atoms with Gasteiger partial charge in [0.25, 0.3) is 5.91 Å². The first kappa shape index (κ1) is 17.9. The number of pyridine rings is 2. The van der Waals surface area contributed by atoms with Crippen LogP contribution in [0.2, 0.25) is 0 Å². The van der Waals surface area contributed by atoms with E-state index in [1.54, 1.807) is 23.7 Å². The molecule has 5 rings (SSSR count). The van der Waals surface area contributed by atoms with Crippen molar-refractivity contribution in [2.75, 3.05) is 0 Å². The van der Waals surface area contributed by atoms with Gasteiger partial charge in [0.2, 0.25) is 0 Å². The Morgan fingerprint density at radius 1 is 1.10 bits per heavy atom. The zero-order valence-electron chi connectivity index (χ0n) is 16.1. The second-order valence-electron chi connectivity index (χ2n) is 7.27. The Balaban J connectivity index is 1.39. The highest BCUT2D eigenvalue weighted by Crippen LogP contribution is 2.33. The Kier molecular flexibility index (Phi) is 4.56. The third kappa shape index (κ3) is 3.40. The number of rotatable bonds is 3. The summed E-state index contributed by atoms with van der Waals surface area (Å²) >= 11 is 1.74. The van der Waals surface area contributed by atoms with Crippen LogP contribution in [0.5, 0.6) is 0 Å². The zero-order valence-corrected chi connectivity index (χ0v) is 16.9. The molecule has 0 spiro atoms. The smallest absolute Gasteiger partial charge is 0.251 e. The van der Waals surface area contributed by atoms with Crippen LogP contribution in [-0.2, 0) is 6.42 Å². The molecule has 0 bridgehead atoms. The Bertz CT molecular complexity index is 1190. The Labute approximate surface area is 172 Å². The van der Waals surface area contributed by atoms with Crippen LogP contribution in [0.25, 0.3) is 22.2 Å². The number of amides is 1. The van der Waals surface area contributed by atoms with Gasteiger partial charge in [0.05, 0.1) is 28.0 Å². The van der Waals surface area contributed by atoms with Crippen molar-refractivity contribution < 1.29 is 4.79 Å². The lowest BCUT2D eigenvalue weighted by atomic mass is 9.97. The average Bonchev–Trinajstić information content (AvgIpc) is 3.15. The normalized spacial score (nSPS) is 15.8. The van der Waals surface area contributed by atoms with E-state index in [2.05, 4.69) is 20.3 Å². The van der Waals surface area contributed by atoms with E-state index < -0.39 is 0 Å². The van der Waals surface area contributed by atoms with E-state index >= 15 is 0 Å². The van der Waals surface area contributed by atoms with Crippen molar-refractivity contribution in [3.63, 3.8) is 0 Å². The van der Waals surface area contributed by atoms with E-state index in [-0.39, 0.29) is 11.9 Å². The van der Waals surface area contributed by atoms with Gasteiger partial charge in [-0.15, -0.1) is 11.3 Å². The summed E-state index contributed by atoms with van der Waals surface area (Å²) < 4.78 is 0. The molecule has 0 radical (unpaired) electrons. The second-order valence-corrected chi connectivity index (χ2v) is 8.55. The van der Waals surface area contributed by atoms with Gasteiger partial charge in [0.15, 0.2) is 0 Å². The molecule has 1 unspecified atom stereocenters. The summed E-state index contributed by atoms with van der Waals surface area (Å²) in [5.41, 5.74) is 4.45. The molecule has 0 fully saturated rings. The summed E-state index contributed by atoms with van der Waals surface area (Å²) in [7, 11) is 0. The predicted molar refractivity (Wildman–Crippen MR) is 115 cm³/mol. The summed E-state index contributed by atoms with van der Waals surface area (Å²) in [6, 6.07) is 13.4. The van der Waals surface area contributed by atoms with Crippen LogP contribution in [-0.4, -0.2) is 20.9 Å². The minimum absolute atomic E-state index is 0.00156. The molecule has 1 amide bonds. The van der Waals surface area contributed by atoms with Gasteiger partial charge in [0, 0.05) is 33.8 Å². The first-order valence-corrected chi connectivity index (χ1v) is 10.6. The van der Waals surface area contributed by atoms with Crippen molar-refractivity contribution in [1.29, 1.82) is 0 Å². The SMILES string of the molecule is Cc1nc2c(s1)CCCC2NC(=O)c1ccc(-c2nccc3ncccc23)cc1. The molecule has 0 saturated carbocycles.